The van der Waals surface area contributed by atoms with E-state index in [9.17, 15) is 4.79 Å². The normalized spacial score (nSPS) is 10.5. The molecule has 0 unspecified atom stereocenters. The summed E-state index contributed by atoms with van der Waals surface area (Å²) in [6.07, 6.45) is -1.35. The molecule has 0 radical (unpaired) electrons. The number of halogens is 1. The minimum absolute atomic E-state index is 0.228. The Bertz CT molecular complexity index is 800. The molecule has 21 heavy (non-hydrogen) atoms. The molecule has 0 aliphatic heterocycles. The molecule has 0 aliphatic carbocycles. The highest BCUT2D eigenvalue weighted by atomic mass is 35.5. The van der Waals surface area contributed by atoms with Crippen LogP contribution in [0.1, 0.15) is 0 Å². The van der Waals surface area contributed by atoms with Crippen LogP contribution >= 0.6 is 22.9 Å². The minimum Gasteiger partial charge on any atom is -0.449 e. The maximum absolute atomic E-state index is 10.4. The Kier molecular flexibility index (Phi) is 3.64. The molecule has 1 N–H and O–H groups in total. The smallest absolute Gasteiger partial charge is 0.449 e. The molecular formula is C14H8ClNO4S. The van der Waals surface area contributed by atoms with Crippen molar-refractivity contribution in [3.8, 4) is 16.7 Å². The maximum Gasteiger partial charge on any atom is 0.511 e. The number of carboxylic acid groups (broad SMARTS) is 1. The maximum atomic E-state index is 10.4. The molecule has 3 aromatic rings. The van der Waals surface area contributed by atoms with Crippen LogP contribution in [0.5, 0.6) is 16.7 Å². The van der Waals surface area contributed by atoms with Crippen molar-refractivity contribution < 1.29 is 19.4 Å². The summed E-state index contributed by atoms with van der Waals surface area (Å²) in [4.78, 5) is 14.7. The van der Waals surface area contributed by atoms with E-state index in [1.54, 1.807) is 18.2 Å². The average molecular weight is 322 g/mol. The molecule has 0 saturated heterocycles. The van der Waals surface area contributed by atoms with Crippen LogP contribution in [-0.4, -0.2) is 16.2 Å². The van der Waals surface area contributed by atoms with Gasteiger partial charge in [0.25, 0.3) is 5.19 Å². The highest BCUT2D eigenvalue weighted by molar-refractivity contribution is 7.20. The third kappa shape index (κ3) is 3.24. The van der Waals surface area contributed by atoms with Crippen LogP contribution in [-0.2, 0) is 0 Å². The minimum atomic E-state index is -1.35. The van der Waals surface area contributed by atoms with Gasteiger partial charge in [0.05, 0.1) is 10.2 Å². The van der Waals surface area contributed by atoms with E-state index in [0.717, 1.165) is 10.2 Å². The van der Waals surface area contributed by atoms with Crippen molar-refractivity contribution in [2.45, 2.75) is 0 Å². The molecule has 3 rings (SSSR count). The highest BCUT2D eigenvalue weighted by Gasteiger charge is 2.07. The van der Waals surface area contributed by atoms with Gasteiger partial charge < -0.3 is 14.6 Å². The molecule has 0 fully saturated rings. The largest absolute Gasteiger partial charge is 0.511 e. The van der Waals surface area contributed by atoms with Gasteiger partial charge >= 0.3 is 6.16 Å². The predicted octanol–water partition coefficient (Wildman–Crippen LogP) is 4.80. The van der Waals surface area contributed by atoms with Gasteiger partial charge in [-0.25, -0.2) is 9.78 Å². The second kappa shape index (κ2) is 5.59. The summed E-state index contributed by atoms with van der Waals surface area (Å²) in [7, 11) is 0. The lowest BCUT2D eigenvalue weighted by Gasteiger charge is -2.02. The topological polar surface area (TPSA) is 68.7 Å². The monoisotopic (exact) mass is 321 g/mol. The summed E-state index contributed by atoms with van der Waals surface area (Å²) < 4.78 is 11.1. The van der Waals surface area contributed by atoms with E-state index >= 15 is 0 Å². The second-order valence-electron chi connectivity index (χ2n) is 4.03. The van der Waals surface area contributed by atoms with Crippen molar-refractivity contribution in [2.75, 3.05) is 0 Å². The molecule has 106 valence electrons. The summed E-state index contributed by atoms with van der Waals surface area (Å²) >= 11 is 7.30. The SMILES string of the molecule is O=C(O)Oc1ccc(Oc2nc3ccc(Cl)cc3s2)cc1. The van der Waals surface area contributed by atoms with E-state index in [2.05, 4.69) is 9.72 Å². The molecule has 1 heterocycles. The predicted molar refractivity (Wildman–Crippen MR) is 79.8 cm³/mol. The number of thiazole rings is 1. The summed E-state index contributed by atoms with van der Waals surface area (Å²) in [6.45, 7) is 0. The lowest BCUT2D eigenvalue weighted by molar-refractivity contribution is 0.144. The quantitative estimate of drug-likeness (QED) is 0.554. The Morgan fingerprint density at radius 2 is 1.86 bits per heavy atom. The van der Waals surface area contributed by atoms with Crippen molar-refractivity contribution in [1.82, 2.24) is 4.98 Å². The lowest BCUT2D eigenvalue weighted by atomic mass is 10.3. The first-order valence-electron chi connectivity index (χ1n) is 5.85. The van der Waals surface area contributed by atoms with Crippen molar-refractivity contribution >= 4 is 39.3 Å². The zero-order chi connectivity index (χ0) is 14.8. The fourth-order valence-corrected chi connectivity index (χ4v) is 2.81. The number of rotatable bonds is 3. The Labute approximate surface area is 128 Å². The van der Waals surface area contributed by atoms with Gasteiger partial charge in [0.2, 0.25) is 0 Å². The van der Waals surface area contributed by atoms with Gasteiger partial charge in [-0.15, -0.1) is 0 Å². The van der Waals surface area contributed by atoms with Crippen LogP contribution in [0.15, 0.2) is 42.5 Å². The van der Waals surface area contributed by atoms with Gasteiger partial charge in [-0.05, 0) is 42.5 Å². The first-order valence-corrected chi connectivity index (χ1v) is 7.04. The number of hydrogen-bond donors (Lipinski definition) is 1. The number of fused-ring (bicyclic) bond motifs is 1. The van der Waals surface area contributed by atoms with E-state index < -0.39 is 6.16 Å². The standard InChI is InChI=1S/C14H8ClNO4S/c15-8-1-6-11-12(7-8)21-13(16-11)19-9-2-4-10(5-3-9)20-14(17)18/h1-7H,(H,17,18). The van der Waals surface area contributed by atoms with Gasteiger partial charge in [-0.1, -0.05) is 22.9 Å². The number of carbonyl (C=O) groups is 1. The van der Waals surface area contributed by atoms with Gasteiger partial charge in [0.1, 0.15) is 11.5 Å². The van der Waals surface area contributed by atoms with E-state index in [4.69, 9.17) is 21.4 Å². The third-order valence-electron chi connectivity index (χ3n) is 2.56. The van der Waals surface area contributed by atoms with Crippen LogP contribution in [0.25, 0.3) is 10.2 Å². The molecule has 0 saturated carbocycles. The molecule has 0 atom stereocenters. The van der Waals surface area contributed by atoms with Crippen molar-refractivity contribution in [3.05, 3.63) is 47.5 Å². The summed E-state index contributed by atoms with van der Waals surface area (Å²) in [6, 6.07) is 11.7. The van der Waals surface area contributed by atoms with E-state index in [-0.39, 0.29) is 5.75 Å². The van der Waals surface area contributed by atoms with Crippen LogP contribution in [0.3, 0.4) is 0 Å². The Hall–Kier alpha value is -2.31. The van der Waals surface area contributed by atoms with Gasteiger partial charge in [-0.3, -0.25) is 0 Å². The fraction of sp³-hybridized carbons (Fsp3) is 0. The number of ether oxygens (including phenoxy) is 2. The summed E-state index contributed by atoms with van der Waals surface area (Å²) in [5, 5.41) is 9.63. The average Bonchev–Trinajstić information content (AvgIpc) is 2.82. The van der Waals surface area contributed by atoms with Crippen molar-refractivity contribution in [2.24, 2.45) is 0 Å². The van der Waals surface area contributed by atoms with E-state index in [1.165, 1.54) is 23.5 Å². The molecular weight excluding hydrogens is 314 g/mol. The van der Waals surface area contributed by atoms with Crippen molar-refractivity contribution in [1.29, 1.82) is 0 Å². The summed E-state index contributed by atoms with van der Waals surface area (Å²) in [5.41, 5.74) is 0.810. The highest BCUT2D eigenvalue weighted by Crippen LogP contribution is 2.33. The number of aromatic nitrogens is 1. The second-order valence-corrected chi connectivity index (χ2v) is 5.46. The van der Waals surface area contributed by atoms with Crippen molar-refractivity contribution in [3.63, 3.8) is 0 Å². The fourth-order valence-electron chi connectivity index (χ4n) is 1.70. The van der Waals surface area contributed by atoms with E-state index in [1.807, 2.05) is 12.1 Å². The molecule has 7 heteroatoms. The van der Waals surface area contributed by atoms with E-state index in [0.29, 0.717) is 16.0 Å². The first kappa shape index (κ1) is 13.7. The molecule has 0 spiro atoms. The Balaban J connectivity index is 1.79. The Morgan fingerprint density at radius 1 is 1.14 bits per heavy atom. The van der Waals surface area contributed by atoms with Crippen LogP contribution in [0, 0.1) is 0 Å². The number of benzene rings is 2. The Morgan fingerprint density at radius 3 is 2.57 bits per heavy atom. The molecule has 2 aromatic carbocycles. The number of nitrogens with zero attached hydrogens (tertiary/aromatic N) is 1. The lowest BCUT2D eigenvalue weighted by Crippen LogP contribution is -2.02. The van der Waals surface area contributed by atoms with Gasteiger partial charge in [0.15, 0.2) is 0 Å². The zero-order valence-corrected chi connectivity index (χ0v) is 12.0. The van der Waals surface area contributed by atoms with Crippen LogP contribution < -0.4 is 9.47 Å². The van der Waals surface area contributed by atoms with Crippen LogP contribution in [0.2, 0.25) is 5.02 Å². The zero-order valence-electron chi connectivity index (χ0n) is 10.4. The molecule has 0 bridgehead atoms. The van der Waals surface area contributed by atoms with Crippen LogP contribution in [0.4, 0.5) is 4.79 Å². The summed E-state index contributed by atoms with van der Waals surface area (Å²) in [5.74, 6) is 0.767. The third-order valence-corrected chi connectivity index (χ3v) is 3.70. The molecule has 0 amide bonds. The van der Waals surface area contributed by atoms with Gasteiger partial charge in [-0.2, -0.15) is 0 Å². The molecule has 1 aromatic heterocycles. The molecule has 0 aliphatic rings. The van der Waals surface area contributed by atoms with Gasteiger partial charge in [0, 0.05) is 5.02 Å². The first-order chi connectivity index (χ1) is 10.1. The molecule has 5 nitrogen and oxygen atoms in total. The number of hydrogen-bond acceptors (Lipinski definition) is 5.